The molecular formula is C33H26. The van der Waals surface area contributed by atoms with Gasteiger partial charge in [-0.1, -0.05) is 122 Å². The van der Waals surface area contributed by atoms with E-state index in [1.165, 1.54) is 55.6 Å². The smallest absolute Gasteiger partial charge is 0.0143 e. The lowest BCUT2D eigenvalue weighted by molar-refractivity contribution is 0.840. The molecule has 0 radical (unpaired) electrons. The number of hydrogen-bond acceptors (Lipinski definition) is 0. The number of benzene rings is 4. The average molecular weight is 423 g/mol. The normalized spacial score (nSPS) is 15.8. The SMILES string of the molecule is C=C/C=C\Cc1cccc(-c2ccc(C3=CCC4c5ccccc5-c5cccc3c54)cc2)c1. The zero-order valence-corrected chi connectivity index (χ0v) is 18.7. The molecule has 0 saturated carbocycles. The molecule has 0 fully saturated rings. The van der Waals surface area contributed by atoms with E-state index >= 15 is 0 Å². The quantitative estimate of drug-likeness (QED) is 0.282. The van der Waals surface area contributed by atoms with Crippen LogP contribution in [0, 0.1) is 0 Å². The zero-order valence-electron chi connectivity index (χ0n) is 18.7. The number of rotatable bonds is 5. The fraction of sp³-hybridized carbons (Fsp3) is 0.0909. The van der Waals surface area contributed by atoms with E-state index in [-0.39, 0.29) is 0 Å². The van der Waals surface area contributed by atoms with E-state index in [2.05, 4.69) is 110 Å². The molecule has 2 aliphatic carbocycles. The summed E-state index contributed by atoms with van der Waals surface area (Å²) in [5.41, 5.74) is 13.7. The van der Waals surface area contributed by atoms with Gasteiger partial charge in [0.05, 0.1) is 0 Å². The van der Waals surface area contributed by atoms with Crippen LogP contribution in [0.2, 0.25) is 0 Å². The van der Waals surface area contributed by atoms with E-state index in [1.54, 1.807) is 0 Å². The van der Waals surface area contributed by atoms with Crippen molar-refractivity contribution in [1.29, 1.82) is 0 Å². The highest BCUT2D eigenvalue weighted by Crippen LogP contribution is 2.52. The molecule has 0 nitrogen and oxygen atoms in total. The van der Waals surface area contributed by atoms with Gasteiger partial charge in [0.15, 0.2) is 0 Å². The molecule has 158 valence electrons. The van der Waals surface area contributed by atoms with Crippen molar-refractivity contribution in [3.05, 3.63) is 150 Å². The van der Waals surface area contributed by atoms with Gasteiger partial charge in [0.25, 0.3) is 0 Å². The van der Waals surface area contributed by atoms with Gasteiger partial charge in [-0.05, 0) is 68.5 Å². The highest BCUT2D eigenvalue weighted by molar-refractivity contribution is 5.91. The lowest BCUT2D eigenvalue weighted by Crippen LogP contribution is -2.06. The Balaban J connectivity index is 1.33. The number of hydrogen-bond donors (Lipinski definition) is 0. The third kappa shape index (κ3) is 3.39. The van der Waals surface area contributed by atoms with Crippen molar-refractivity contribution in [2.24, 2.45) is 0 Å². The van der Waals surface area contributed by atoms with Crippen molar-refractivity contribution < 1.29 is 0 Å². The molecule has 0 amide bonds. The molecule has 0 N–H and O–H groups in total. The third-order valence-corrected chi connectivity index (χ3v) is 7.01. The Morgan fingerprint density at radius 2 is 1.48 bits per heavy atom. The zero-order chi connectivity index (χ0) is 22.2. The first-order valence-electron chi connectivity index (χ1n) is 11.7. The lowest BCUT2D eigenvalue weighted by atomic mass is 9.80. The van der Waals surface area contributed by atoms with Gasteiger partial charge in [-0.15, -0.1) is 0 Å². The topological polar surface area (TPSA) is 0 Å². The van der Waals surface area contributed by atoms with Gasteiger partial charge in [-0.25, -0.2) is 0 Å². The summed E-state index contributed by atoms with van der Waals surface area (Å²) < 4.78 is 0. The molecule has 0 aliphatic heterocycles. The van der Waals surface area contributed by atoms with Crippen LogP contribution >= 0.6 is 0 Å². The molecule has 2 aliphatic rings. The van der Waals surface area contributed by atoms with E-state index < -0.39 is 0 Å². The number of allylic oxidation sites excluding steroid dienone is 4. The molecule has 4 aromatic carbocycles. The maximum absolute atomic E-state index is 3.75. The molecule has 4 aromatic rings. The standard InChI is InChI=1S/C33H26/c1-2-3-4-9-23-10-7-11-26(22-23)24-16-18-25(19-17-24)27-20-21-32-29-13-6-5-12-28(29)31-15-8-14-30(27)33(31)32/h2-8,10-20,22,32H,1,9,21H2/b4-3-. The molecule has 0 heteroatoms. The minimum absolute atomic E-state index is 0.494. The average Bonchev–Trinajstić information content (AvgIpc) is 3.20. The van der Waals surface area contributed by atoms with Gasteiger partial charge >= 0.3 is 0 Å². The maximum atomic E-state index is 3.75. The van der Waals surface area contributed by atoms with Crippen LogP contribution < -0.4 is 0 Å². The highest BCUT2D eigenvalue weighted by Gasteiger charge is 2.33. The molecule has 0 heterocycles. The first kappa shape index (κ1) is 19.8. The molecule has 0 spiro atoms. The van der Waals surface area contributed by atoms with Gasteiger partial charge in [0.1, 0.15) is 0 Å². The molecule has 1 unspecified atom stereocenters. The van der Waals surface area contributed by atoms with Crippen LogP contribution in [-0.4, -0.2) is 0 Å². The predicted octanol–water partition coefficient (Wildman–Crippen LogP) is 8.59. The Morgan fingerprint density at radius 1 is 0.727 bits per heavy atom. The van der Waals surface area contributed by atoms with Crippen molar-refractivity contribution in [2.45, 2.75) is 18.8 Å². The summed E-state index contributed by atoms with van der Waals surface area (Å²) in [4.78, 5) is 0. The van der Waals surface area contributed by atoms with Gasteiger partial charge in [-0.2, -0.15) is 0 Å². The first-order valence-corrected chi connectivity index (χ1v) is 11.7. The fourth-order valence-electron chi connectivity index (χ4n) is 5.50. The van der Waals surface area contributed by atoms with Gasteiger partial charge < -0.3 is 0 Å². The van der Waals surface area contributed by atoms with Gasteiger partial charge in [0.2, 0.25) is 0 Å². The molecule has 0 bridgehead atoms. The largest absolute Gasteiger partial charge is 0.0991 e. The summed E-state index contributed by atoms with van der Waals surface area (Å²) in [5, 5.41) is 0. The van der Waals surface area contributed by atoms with Crippen LogP contribution in [-0.2, 0) is 6.42 Å². The monoisotopic (exact) mass is 422 g/mol. The summed E-state index contributed by atoms with van der Waals surface area (Å²) in [6.45, 7) is 3.75. The molecule has 0 saturated heterocycles. The summed E-state index contributed by atoms with van der Waals surface area (Å²) in [7, 11) is 0. The lowest BCUT2D eigenvalue weighted by Gasteiger charge is -2.23. The fourth-order valence-corrected chi connectivity index (χ4v) is 5.50. The Kier molecular flexibility index (Phi) is 4.92. The Morgan fingerprint density at radius 3 is 2.36 bits per heavy atom. The van der Waals surface area contributed by atoms with Crippen LogP contribution in [0.25, 0.3) is 27.8 Å². The van der Waals surface area contributed by atoms with Crippen molar-refractivity contribution in [2.75, 3.05) is 0 Å². The van der Waals surface area contributed by atoms with Gasteiger partial charge in [0, 0.05) is 5.92 Å². The minimum Gasteiger partial charge on any atom is -0.0991 e. The van der Waals surface area contributed by atoms with Crippen molar-refractivity contribution in [3.8, 4) is 22.3 Å². The second-order valence-electron chi connectivity index (χ2n) is 8.91. The van der Waals surface area contributed by atoms with Crippen LogP contribution in [0.3, 0.4) is 0 Å². The van der Waals surface area contributed by atoms with E-state index in [1.807, 2.05) is 12.2 Å². The highest BCUT2D eigenvalue weighted by atomic mass is 14.4. The van der Waals surface area contributed by atoms with Crippen LogP contribution in [0.15, 0.2) is 122 Å². The van der Waals surface area contributed by atoms with E-state index in [4.69, 9.17) is 0 Å². The third-order valence-electron chi connectivity index (χ3n) is 7.01. The molecule has 33 heavy (non-hydrogen) atoms. The summed E-state index contributed by atoms with van der Waals surface area (Å²) in [6, 6.07) is 33.6. The Labute approximate surface area is 196 Å². The summed E-state index contributed by atoms with van der Waals surface area (Å²) in [5.74, 6) is 0.494. The van der Waals surface area contributed by atoms with Crippen molar-refractivity contribution >= 4 is 5.57 Å². The summed E-state index contributed by atoms with van der Waals surface area (Å²) in [6.07, 6.45) is 10.4. The predicted molar refractivity (Wildman–Crippen MR) is 140 cm³/mol. The van der Waals surface area contributed by atoms with Crippen LogP contribution in [0.1, 0.15) is 40.2 Å². The molecule has 1 atom stereocenters. The number of fused-ring (bicyclic) bond motifs is 3. The Hall–Kier alpha value is -3.90. The maximum Gasteiger partial charge on any atom is 0.0143 e. The van der Waals surface area contributed by atoms with Crippen molar-refractivity contribution in [1.82, 2.24) is 0 Å². The van der Waals surface area contributed by atoms with Crippen LogP contribution in [0.4, 0.5) is 0 Å². The molecular weight excluding hydrogens is 396 g/mol. The van der Waals surface area contributed by atoms with Crippen LogP contribution in [0.5, 0.6) is 0 Å². The summed E-state index contributed by atoms with van der Waals surface area (Å²) >= 11 is 0. The Bertz CT molecular complexity index is 1410. The van der Waals surface area contributed by atoms with E-state index in [9.17, 15) is 0 Å². The van der Waals surface area contributed by atoms with Gasteiger partial charge in [-0.3, -0.25) is 0 Å². The van der Waals surface area contributed by atoms with Crippen molar-refractivity contribution in [3.63, 3.8) is 0 Å². The van der Waals surface area contributed by atoms with E-state index in [0.29, 0.717) is 5.92 Å². The second kappa shape index (κ2) is 8.22. The van der Waals surface area contributed by atoms with E-state index in [0.717, 1.165) is 12.8 Å². The molecule has 6 rings (SSSR count). The molecule has 0 aromatic heterocycles. The minimum atomic E-state index is 0.494. The second-order valence-corrected chi connectivity index (χ2v) is 8.91. The first-order chi connectivity index (χ1) is 16.3.